The molecule has 0 radical (unpaired) electrons. The van der Waals surface area contributed by atoms with Gasteiger partial charge in [0.05, 0.1) is 5.60 Å². The summed E-state index contributed by atoms with van der Waals surface area (Å²) in [6, 6.07) is 8.66. The van der Waals surface area contributed by atoms with Crippen LogP contribution < -0.4 is 0 Å². The molecule has 1 aromatic carbocycles. The fourth-order valence-corrected chi connectivity index (χ4v) is 2.61. The SMILES string of the molecule is CCOC1(c2ccc(I)cc2)CCOCC1. The third-order valence-corrected chi connectivity index (χ3v) is 3.81. The second-order valence-electron chi connectivity index (χ2n) is 4.05. The Morgan fingerprint density at radius 2 is 1.88 bits per heavy atom. The summed E-state index contributed by atoms with van der Waals surface area (Å²) < 4.78 is 12.7. The van der Waals surface area contributed by atoms with Crippen molar-refractivity contribution in [1.82, 2.24) is 0 Å². The summed E-state index contributed by atoms with van der Waals surface area (Å²) in [4.78, 5) is 0. The van der Waals surface area contributed by atoms with E-state index in [0.29, 0.717) is 0 Å². The van der Waals surface area contributed by atoms with Crippen LogP contribution in [0.1, 0.15) is 25.3 Å². The molecule has 1 aliphatic rings. The Bertz CT molecular complexity index is 323. The van der Waals surface area contributed by atoms with E-state index in [4.69, 9.17) is 9.47 Å². The van der Waals surface area contributed by atoms with Crippen molar-refractivity contribution >= 4 is 22.6 Å². The van der Waals surface area contributed by atoms with Gasteiger partial charge >= 0.3 is 0 Å². The van der Waals surface area contributed by atoms with Crippen molar-refractivity contribution in [3.63, 3.8) is 0 Å². The van der Waals surface area contributed by atoms with Gasteiger partial charge in [0.1, 0.15) is 0 Å². The molecule has 1 aliphatic heterocycles. The molecule has 2 rings (SSSR count). The smallest absolute Gasteiger partial charge is 0.0975 e. The van der Waals surface area contributed by atoms with Crippen molar-refractivity contribution in [2.24, 2.45) is 0 Å². The maximum Gasteiger partial charge on any atom is 0.0975 e. The summed E-state index contributed by atoms with van der Waals surface area (Å²) in [6.07, 6.45) is 1.92. The van der Waals surface area contributed by atoms with E-state index in [-0.39, 0.29) is 5.60 Å². The van der Waals surface area contributed by atoms with Crippen molar-refractivity contribution in [3.05, 3.63) is 33.4 Å². The van der Waals surface area contributed by atoms with Gasteiger partial charge in [-0.2, -0.15) is 0 Å². The Kier molecular flexibility index (Phi) is 4.21. The molecular formula is C13H17IO2. The van der Waals surface area contributed by atoms with Crippen molar-refractivity contribution in [1.29, 1.82) is 0 Å². The molecule has 0 aromatic heterocycles. The van der Waals surface area contributed by atoms with Gasteiger partial charge in [0.25, 0.3) is 0 Å². The quantitative estimate of drug-likeness (QED) is 0.791. The van der Waals surface area contributed by atoms with E-state index in [9.17, 15) is 0 Å². The first-order valence-corrected chi connectivity index (χ1v) is 6.82. The van der Waals surface area contributed by atoms with Crippen molar-refractivity contribution < 1.29 is 9.47 Å². The number of benzene rings is 1. The Morgan fingerprint density at radius 1 is 1.25 bits per heavy atom. The molecule has 88 valence electrons. The number of halogens is 1. The van der Waals surface area contributed by atoms with E-state index in [2.05, 4.69) is 53.8 Å². The maximum atomic E-state index is 6.01. The van der Waals surface area contributed by atoms with Gasteiger partial charge in [-0.3, -0.25) is 0 Å². The van der Waals surface area contributed by atoms with Crippen LogP contribution in [-0.4, -0.2) is 19.8 Å². The van der Waals surface area contributed by atoms with Crippen LogP contribution in [0.2, 0.25) is 0 Å². The van der Waals surface area contributed by atoms with Crippen LogP contribution in [0.4, 0.5) is 0 Å². The molecule has 2 nitrogen and oxygen atoms in total. The summed E-state index contributed by atoms with van der Waals surface area (Å²) in [5.41, 5.74) is 1.18. The molecule has 1 aromatic rings. The fourth-order valence-electron chi connectivity index (χ4n) is 2.25. The lowest BCUT2D eigenvalue weighted by atomic mass is 9.86. The van der Waals surface area contributed by atoms with Gasteiger partial charge in [0.2, 0.25) is 0 Å². The Balaban J connectivity index is 2.26. The van der Waals surface area contributed by atoms with E-state index in [1.54, 1.807) is 0 Å². The van der Waals surface area contributed by atoms with Crippen LogP contribution in [0.3, 0.4) is 0 Å². The Hall–Kier alpha value is -0.130. The monoisotopic (exact) mass is 332 g/mol. The standard InChI is InChI=1S/C13H17IO2/c1-2-16-13(7-9-15-10-8-13)11-3-5-12(14)6-4-11/h3-6H,2,7-10H2,1H3. The van der Waals surface area contributed by atoms with Crippen molar-refractivity contribution in [2.75, 3.05) is 19.8 Å². The highest BCUT2D eigenvalue weighted by Crippen LogP contribution is 2.36. The van der Waals surface area contributed by atoms with E-state index in [0.717, 1.165) is 32.7 Å². The molecule has 0 atom stereocenters. The summed E-state index contributed by atoms with van der Waals surface area (Å²) in [6.45, 7) is 4.41. The number of hydrogen-bond acceptors (Lipinski definition) is 2. The molecule has 0 bridgehead atoms. The van der Waals surface area contributed by atoms with Crippen LogP contribution in [0.5, 0.6) is 0 Å². The second-order valence-corrected chi connectivity index (χ2v) is 5.29. The molecule has 0 unspecified atom stereocenters. The largest absolute Gasteiger partial charge is 0.381 e. The fraction of sp³-hybridized carbons (Fsp3) is 0.538. The molecule has 3 heteroatoms. The number of rotatable bonds is 3. The third-order valence-electron chi connectivity index (χ3n) is 3.09. The highest BCUT2D eigenvalue weighted by Gasteiger charge is 2.34. The van der Waals surface area contributed by atoms with E-state index in [1.165, 1.54) is 9.13 Å². The van der Waals surface area contributed by atoms with Gasteiger partial charge in [0.15, 0.2) is 0 Å². The minimum Gasteiger partial charge on any atom is -0.381 e. The lowest BCUT2D eigenvalue weighted by Gasteiger charge is -2.37. The summed E-state index contributed by atoms with van der Waals surface area (Å²) in [5, 5.41) is 0. The van der Waals surface area contributed by atoms with Gasteiger partial charge in [-0.25, -0.2) is 0 Å². The maximum absolute atomic E-state index is 6.01. The van der Waals surface area contributed by atoms with Gasteiger partial charge in [-0.15, -0.1) is 0 Å². The topological polar surface area (TPSA) is 18.5 Å². The van der Waals surface area contributed by atoms with Gasteiger partial charge < -0.3 is 9.47 Å². The Labute approximate surface area is 110 Å². The van der Waals surface area contributed by atoms with E-state index >= 15 is 0 Å². The van der Waals surface area contributed by atoms with Crippen LogP contribution >= 0.6 is 22.6 Å². The first-order valence-electron chi connectivity index (χ1n) is 5.74. The highest BCUT2D eigenvalue weighted by molar-refractivity contribution is 14.1. The zero-order valence-corrected chi connectivity index (χ0v) is 11.7. The highest BCUT2D eigenvalue weighted by atomic mass is 127. The summed E-state index contributed by atoms with van der Waals surface area (Å²) in [5.74, 6) is 0. The molecule has 0 aliphatic carbocycles. The average Bonchev–Trinajstić information content (AvgIpc) is 2.31. The molecular weight excluding hydrogens is 315 g/mol. The lowest BCUT2D eigenvalue weighted by molar-refractivity contribution is -0.112. The van der Waals surface area contributed by atoms with Crippen LogP contribution in [0, 0.1) is 3.57 Å². The molecule has 1 fully saturated rings. The predicted octanol–water partition coefficient (Wildman–Crippen LogP) is 3.33. The first kappa shape index (κ1) is 12.3. The normalized spacial score (nSPS) is 19.6. The van der Waals surface area contributed by atoms with Crippen molar-refractivity contribution in [3.8, 4) is 0 Å². The molecule has 0 N–H and O–H groups in total. The lowest BCUT2D eigenvalue weighted by Crippen LogP contribution is -2.36. The zero-order chi connectivity index (χ0) is 11.4. The summed E-state index contributed by atoms with van der Waals surface area (Å²) in [7, 11) is 0. The average molecular weight is 332 g/mol. The van der Waals surface area contributed by atoms with Crippen LogP contribution in [0.15, 0.2) is 24.3 Å². The van der Waals surface area contributed by atoms with Crippen molar-refractivity contribution in [2.45, 2.75) is 25.4 Å². The van der Waals surface area contributed by atoms with Crippen LogP contribution in [0.25, 0.3) is 0 Å². The second kappa shape index (κ2) is 5.47. The molecule has 1 heterocycles. The minimum absolute atomic E-state index is 0.114. The predicted molar refractivity (Wildman–Crippen MR) is 72.5 cm³/mol. The van der Waals surface area contributed by atoms with Gasteiger partial charge in [-0.05, 0) is 47.2 Å². The molecule has 16 heavy (non-hydrogen) atoms. The van der Waals surface area contributed by atoms with E-state index < -0.39 is 0 Å². The molecule has 0 spiro atoms. The zero-order valence-electron chi connectivity index (χ0n) is 9.54. The molecule has 1 saturated heterocycles. The Morgan fingerprint density at radius 3 is 2.44 bits per heavy atom. The minimum atomic E-state index is -0.114. The first-order chi connectivity index (χ1) is 7.77. The number of ether oxygens (including phenoxy) is 2. The number of hydrogen-bond donors (Lipinski definition) is 0. The van der Waals surface area contributed by atoms with Crippen LogP contribution in [-0.2, 0) is 15.1 Å². The van der Waals surface area contributed by atoms with Gasteiger partial charge in [0, 0.05) is 36.2 Å². The molecule has 0 amide bonds. The van der Waals surface area contributed by atoms with Gasteiger partial charge in [-0.1, -0.05) is 12.1 Å². The summed E-state index contributed by atoms with van der Waals surface area (Å²) >= 11 is 2.33. The third kappa shape index (κ3) is 2.57. The molecule has 0 saturated carbocycles. The van der Waals surface area contributed by atoms with E-state index in [1.807, 2.05) is 0 Å².